The second-order valence-corrected chi connectivity index (χ2v) is 3.44. The molecule has 1 heterocycles. The van der Waals surface area contributed by atoms with Crippen LogP contribution in [0.2, 0.25) is 0 Å². The lowest BCUT2D eigenvalue weighted by Crippen LogP contribution is -2.32. The van der Waals surface area contributed by atoms with Crippen molar-refractivity contribution in [3.05, 3.63) is 28.5 Å². The summed E-state index contributed by atoms with van der Waals surface area (Å²) in [6.07, 6.45) is 1.84. The third-order valence-corrected chi connectivity index (χ3v) is 2.29. The van der Waals surface area contributed by atoms with Crippen molar-refractivity contribution >= 4 is 21.9 Å². The second-order valence-electron chi connectivity index (χ2n) is 2.58. The molecule has 0 aliphatic heterocycles. The van der Waals surface area contributed by atoms with Crippen LogP contribution >= 0.6 is 15.9 Å². The normalized spacial score (nSPS) is 12.5. The van der Waals surface area contributed by atoms with E-state index in [1.807, 2.05) is 0 Å². The van der Waals surface area contributed by atoms with Gasteiger partial charge in [-0.3, -0.25) is 9.78 Å². The number of aliphatic carboxylic acids is 1. The Morgan fingerprint density at radius 3 is 3.00 bits per heavy atom. The van der Waals surface area contributed by atoms with E-state index < -0.39 is 12.0 Å². The maximum Gasteiger partial charge on any atom is 0.320 e. The molecule has 0 radical (unpaired) electrons. The Kier molecular flexibility index (Phi) is 3.39. The third kappa shape index (κ3) is 2.78. The van der Waals surface area contributed by atoms with E-state index in [1.165, 1.54) is 0 Å². The third-order valence-electron chi connectivity index (χ3n) is 1.57. The van der Waals surface area contributed by atoms with Crippen LogP contribution in [-0.2, 0) is 11.2 Å². The zero-order valence-corrected chi connectivity index (χ0v) is 8.36. The van der Waals surface area contributed by atoms with Crippen LogP contribution in [0.4, 0.5) is 0 Å². The van der Waals surface area contributed by atoms with Crippen molar-refractivity contribution in [2.45, 2.75) is 12.5 Å². The predicted octanol–water partition coefficient (Wildman–Crippen LogP) is 0.798. The van der Waals surface area contributed by atoms with Crippen LogP contribution in [0.15, 0.2) is 22.8 Å². The van der Waals surface area contributed by atoms with E-state index in [0.717, 1.165) is 4.47 Å². The van der Waals surface area contributed by atoms with Gasteiger partial charge >= 0.3 is 5.97 Å². The molecule has 0 bridgehead atoms. The molecule has 4 nitrogen and oxygen atoms in total. The first kappa shape index (κ1) is 10.1. The number of carboxylic acids is 1. The Labute approximate surface area is 83.9 Å². The van der Waals surface area contributed by atoms with E-state index in [4.69, 9.17) is 10.8 Å². The standard InChI is InChI=1S/C8H9BrN2O2/c9-5-2-1-3-11-7(5)4-6(10)8(12)13/h1-3,6H,4,10H2,(H,12,13). The van der Waals surface area contributed by atoms with Crippen LogP contribution in [0.3, 0.4) is 0 Å². The number of hydrogen-bond donors (Lipinski definition) is 2. The molecule has 0 aromatic carbocycles. The summed E-state index contributed by atoms with van der Waals surface area (Å²) in [6.45, 7) is 0. The van der Waals surface area contributed by atoms with E-state index >= 15 is 0 Å². The summed E-state index contributed by atoms with van der Waals surface area (Å²) in [5.74, 6) is -1.02. The molecule has 0 amide bonds. The monoisotopic (exact) mass is 244 g/mol. The van der Waals surface area contributed by atoms with Crippen LogP contribution in [0.1, 0.15) is 5.69 Å². The number of rotatable bonds is 3. The van der Waals surface area contributed by atoms with Gasteiger partial charge in [-0.15, -0.1) is 0 Å². The Morgan fingerprint density at radius 2 is 2.46 bits per heavy atom. The van der Waals surface area contributed by atoms with Crippen molar-refractivity contribution in [3.8, 4) is 0 Å². The summed E-state index contributed by atoms with van der Waals surface area (Å²) >= 11 is 3.26. The maximum absolute atomic E-state index is 10.4. The molecule has 3 N–H and O–H groups in total. The molecular formula is C8H9BrN2O2. The van der Waals surface area contributed by atoms with Crippen molar-refractivity contribution in [2.75, 3.05) is 0 Å². The average molecular weight is 245 g/mol. The highest BCUT2D eigenvalue weighted by atomic mass is 79.9. The molecule has 13 heavy (non-hydrogen) atoms. The minimum atomic E-state index is -1.02. The maximum atomic E-state index is 10.4. The van der Waals surface area contributed by atoms with Crippen LogP contribution in [0.25, 0.3) is 0 Å². The van der Waals surface area contributed by atoms with E-state index in [2.05, 4.69) is 20.9 Å². The fourth-order valence-corrected chi connectivity index (χ4v) is 1.28. The number of pyridine rings is 1. The number of halogens is 1. The number of hydrogen-bond acceptors (Lipinski definition) is 3. The number of nitrogens with two attached hydrogens (primary N) is 1. The molecular weight excluding hydrogens is 236 g/mol. The minimum Gasteiger partial charge on any atom is -0.480 e. The number of aromatic nitrogens is 1. The predicted molar refractivity (Wildman–Crippen MR) is 51.3 cm³/mol. The van der Waals surface area contributed by atoms with E-state index in [-0.39, 0.29) is 6.42 Å². The molecule has 1 atom stereocenters. The molecule has 70 valence electrons. The first-order valence-corrected chi connectivity index (χ1v) is 4.48. The van der Waals surface area contributed by atoms with Gasteiger partial charge in [-0.05, 0) is 28.1 Å². The topological polar surface area (TPSA) is 76.2 Å². The van der Waals surface area contributed by atoms with Gasteiger partial charge in [0.1, 0.15) is 6.04 Å². The highest BCUT2D eigenvalue weighted by Crippen LogP contribution is 2.14. The smallest absolute Gasteiger partial charge is 0.320 e. The van der Waals surface area contributed by atoms with Crippen molar-refractivity contribution in [1.82, 2.24) is 4.98 Å². The summed E-state index contributed by atoms with van der Waals surface area (Å²) in [7, 11) is 0. The van der Waals surface area contributed by atoms with Gasteiger partial charge in [0.05, 0.1) is 5.69 Å². The van der Waals surface area contributed by atoms with E-state index in [1.54, 1.807) is 18.3 Å². The van der Waals surface area contributed by atoms with Gasteiger partial charge in [0.25, 0.3) is 0 Å². The molecule has 0 aliphatic carbocycles. The lowest BCUT2D eigenvalue weighted by Gasteiger charge is -2.06. The summed E-state index contributed by atoms with van der Waals surface area (Å²) in [4.78, 5) is 14.5. The summed E-state index contributed by atoms with van der Waals surface area (Å²) in [5, 5.41) is 8.57. The molecule has 0 spiro atoms. The van der Waals surface area contributed by atoms with E-state index in [0.29, 0.717) is 5.69 Å². The quantitative estimate of drug-likeness (QED) is 0.825. The fourth-order valence-electron chi connectivity index (χ4n) is 0.864. The number of carbonyl (C=O) groups is 1. The zero-order valence-electron chi connectivity index (χ0n) is 6.77. The molecule has 0 saturated heterocycles. The lowest BCUT2D eigenvalue weighted by atomic mass is 10.1. The highest BCUT2D eigenvalue weighted by molar-refractivity contribution is 9.10. The van der Waals surface area contributed by atoms with Gasteiger partial charge < -0.3 is 10.8 Å². The van der Waals surface area contributed by atoms with Gasteiger partial charge in [0.2, 0.25) is 0 Å². The van der Waals surface area contributed by atoms with Crippen LogP contribution in [-0.4, -0.2) is 22.1 Å². The summed E-state index contributed by atoms with van der Waals surface area (Å²) in [6, 6.07) is 2.67. The molecule has 1 rings (SSSR count). The van der Waals surface area contributed by atoms with Crippen molar-refractivity contribution in [1.29, 1.82) is 0 Å². The summed E-state index contributed by atoms with van der Waals surface area (Å²) in [5.41, 5.74) is 6.02. The van der Waals surface area contributed by atoms with Crippen molar-refractivity contribution < 1.29 is 9.90 Å². The minimum absolute atomic E-state index is 0.233. The molecule has 0 fully saturated rings. The van der Waals surface area contributed by atoms with Crippen molar-refractivity contribution in [2.24, 2.45) is 5.73 Å². The first-order chi connectivity index (χ1) is 6.11. The number of nitrogens with zero attached hydrogens (tertiary/aromatic N) is 1. The number of carboxylic acid groups (broad SMARTS) is 1. The first-order valence-electron chi connectivity index (χ1n) is 3.69. The molecule has 5 heteroatoms. The lowest BCUT2D eigenvalue weighted by molar-refractivity contribution is -0.138. The zero-order chi connectivity index (χ0) is 9.84. The van der Waals surface area contributed by atoms with Gasteiger partial charge in [-0.1, -0.05) is 0 Å². The van der Waals surface area contributed by atoms with Crippen LogP contribution in [0, 0.1) is 0 Å². The van der Waals surface area contributed by atoms with E-state index in [9.17, 15) is 4.79 Å². The SMILES string of the molecule is NC(Cc1ncccc1Br)C(=O)O. The van der Waals surface area contributed by atoms with Crippen LogP contribution < -0.4 is 5.73 Å². The Hall–Kier alpha value is -0.940. The van der Waals surface area contributed by atoms with Gasteiger partial charge in [-0.2, -0.15) is 0 Å². The second kappa shape index (κ2) is 4.34. The molecule has 1 aromatic heterocycles. The van der Waals surface area contributed by atoms with Crippen LogP contribution in [0.5, 0.6) is 0 Å². The molecule has 1 unspecified atom stereocenters. The Morgan fingerprint density at radius 1 is 1.77 bits per heavy atom. The Balaban J connectivity index is 2.74. The Bertz CT molecular complexity index is 317. The molecule has 0 aliphatic rings. The molecule has 0 saturated carbocycles. The fraction of sp³-hybridized carbons (Fsp3) is 0.250. The highest BCUT2D eigenvalue weighted by Gasteiger charge is 2.14. The van der Waals surface area contributed by atoms with Crippen molar-refractivity contribution in [3.63, 3.8) is 0 Å². The average Bonchev–Trinajstić information content (AvgIpc) is 2.08. The largest absolute Gasteiger partial charge is 0.480 e. The van der Waals surface area contributed by atoms with Gasteiger partial charge in [0, 0.05) is 17.1 Å². The summed E-state index contributed by atoms with van der Waals surface area (Å²) < 4.78 is 0.784. The van der Waals surface area contributed by atoms with Gasteiger partial charge in [0.15, 0.2) is 0 Å². The van der Waals surface area contributed by atoms with Gasteiger partial charge in [-0.25, -0.2) is 0 Å². The molecule has 1 aromatic rings.